The van der Waals surface area contributed by atoms with E-state index in [1.807, 2.05) is 38.1 Å². The summed E-state index contributed by atoms with van der Waals surface area (Å²) < 4.78 is 29.5. The van der Waals surface area contributed by atoms with Crippen molar-refractivity contribution in [2.75, 3.05) is 20.3 Å². The summed E-state index contributed by atoms with van der Waals surface area (Å²) in [5.41, 5.74) is -0.178. The van der Waals surface area contributed by atoms with Crippen molar-refractivity contribution >= 4 is 11.9 Å². The number of carbonyl (C=O) groups is 2. The molecule has 0 saturated heterocycles. The highest BCUT2D eigenvalue weighted by Crippen LogP contribution is 2.44. The van der Waals surface area contributed by atoms with E-state index in [-0.39, 0.29) is 31.9 Å². The number of hydrogen-bond donors (Lipinski definition) is 0. The van der Waals surface area contributed by atoms with Crippen LogP contribution in [0.3, 0.4) is 0 Å². The Bertz CT molecular complexity index is 889. The van der Waals surface area contributed by atoms with Gasteiger partial charge in [0.25, 0.3) is 0 Å². The van der Waals surface area contributed by atoms with Crippen molar-refractivity contribution in [3.8, 4) is 5.75 Å². The number of ether oxygens (including phenoxy) is 3. The molecule has 0 heterocycles. The van der Waals surface area contributed by atoms with Gasteiger partial charge < -0.3 is 14.2 Å². The van der Waals surface area contributed by atoms with Crippen molar-refractivity contribution < 1.29 is 28.2 Å². The summed E-state index contributed by atoms with van der Waals surface area (Å²) in [6.07, 6.45) is 1.51. The third-order valence-corrected chi connectivity index (χ3v) is 6.35. The summed E-state index contributed by atoms with van der Waals surface area (Å²) >= 11 is 0. The summed E-state index contributed by atoms with van der Waals surface area (Å²) in [6, 6.07) is 13.7. The van der Waals surface area contributed by atoms with Crippen molar-refractivity contribution in [1.29, 1.82) is 0 Å². The van der Waals surface area contributed by atoms with Crippen molar-refractivity contribution in [1.82, 2.24) is 0 Å². The molecule has 2 rings (SSSR count). The standard InChI is InChI=1S/C27H35FO5/c1-6-26(4,21-11-15-23(31-5)16-12-21)19-27(24(29)32-7-2,25(30)33-8-3)18-17-20-9-13-22(28)14-10-20/h9-16H,6-8,17-19H2,1-5H3. The Morgan fingerprint density at radius 3 is 1.88 bits per heavy atom. The zero-order chi connectivity index (χ0) is 24.5. The summed E-state index contributed by atoms with van der Waals surface area (Å²) in [5, 5.41) is 0. The summed E-state index contributed by atoms with van der Waals surface area (Å²) in [6.45, 7) is 7.82. The van der Waals surface area contributed by atoms with E-state index in [9.17, 15) is 14.0 Å². The highest BCUT2D eigenvalue weighted by Gasteiger charge is 2.52. The third kappa shape index (κ3) is 6.34. The van der Waals surface area contributed by atoms with Crippen LogP contribution in [0.1, 0.15) is 58.1 Å². The van der Waals surface area contributed by atoms with Gasteiger partial charge >= 0.3 is 11.9 Å². The fraction of sp³-hybridized carbons (Fsp3) is 0.481. The van der Waals surface area contributed by atoms with Gasteiger partial charge in [0.05, 0.1) is 20.3 Å². The van der Waals surface area contributed by atoms with Gasteiger partial charge in [0, 0.05) is 0 Å². The fourth-order valence-electron chi connectivity index (χ4n) is 4.16. The molecule has 5 nitrogen and oxygen atoms in total. The van der Waals surface area contributed by atoms with Gasteiger partial charge in [0.2, 0.25) is 0 Å². The quantitative estimate of drug-likeness (QED) is 0.304. The lowest BCUT2D eigenvalue weighted by Gasteiger charge is -2.38. The van der Waals surface area contributed by atoms with E-state index in [0.29, 0.717) is 12.8 Å². The second-order valence-corrected chi connectivity index (χ2v) is 8.47. The van der Waals surface area contributed by atoms with Crippen molar-refractivity contribution in [2.45, 2.75) is 58.8 Å². The second-order valence-electron chi connectivity index (χ2n) is 8.47. The number of halogens is 1. The molecule has 6 heteroatoms. The molecular weight excluding hydrogens is 423 g/mol. The molecule has 0 aliphatic rings. The number of aryl methyl sites for hydroxylation is 1. The predicted molar refractivity (Wildman–Crippen MR) is 126 cm³/mol. The molecule has 33 heavy (non-hydrogen) atoms. The van der Waals surface area contributed by atoms with Crippen molar-refractivity contribution in [2.24, 2.45) is 5.41 Å². The Morgan fingerprint density at radius 1 is 0.879 bits per heavy atom. The smallest absolute Gasteiger partial charge is 0.323 e. The highest BCUT2D eigenvalue weighted by molar-refractivity contribution is 6.00. The average molecular weight is 459 g/mol. The van der Waals surface area contributed by atoms with Crippen LogP contribution < -0.4 is 4.74 Å². The third-order valence-electron chi connectivity index (χ3n) is 6.35. The van der Waals surface area contributed by atoms with Crippen LogP contribution in [0.5, 0.6) is 5.75 Å². The first kappa shape index (κ1) is 26.4. The number of hydrogen-bond acceptors (Lipinski definition) is 5. The molecule has 0 N–H and O–H groups in total. The van der Waals surface area contributed by atoms with Crippen LogP contribution in [0.4, 0.5) is 4.39 Å². The zero-order valence-electron chi connectivity index (χ0n) is 20.3. The Labute approximate surface area is 196 Å². The summed E-state index contributed by atoms with van der Waals surface area (Å²) in [4.78, 5) is 26.8. The van der Waals surface area contributed by atoms with Crippen LogP contribution in [0.2, 0.25) is 0 Å². The Morgan fingerprint density at radius 2 is 1.42 bits per heavy atom. The van der Waals surface area contributed by atoms with Crippen LogP contribution in [-0.4, -0.2) is 32.3 Å². The van der Waals surface area contributed by atoms with E-state index in [2.05, 4.69) is 0 Å². The maximum absolute atomic E-state index is 13.4. The molecule has 0 saturated carbocycles. The Hall–Kier alpha value is -2.89. The molecule has 0 spiro atoms. The molecular formula is C27H35FO5. The van der Waals surface area contributed by atoms with Gasteiger partial charge in [0.1, 0.15) is 11.6 Å². The van der Waals surface area contributed by atoms with E-state index >= 15 is 0 Å². The highest BCUT2D eigenvalue weighted by atomic mass is 19.1. The number of esters is 2. The van der Waals surface area contributed by atoms with Crippen LogP contribution >= 0.6 is 0 Å². The normalized spacial score (nSPS) is 13.2. The van der Waals surface area contributed by atoms with Gasteiger partial charge in [-0.25, -0.2) is 4.39 Å². The Kier molecular flexibility index (Phi) is 9.44. The van der Waals surface area contributed by atoms with Crippen molar-refractivity contribution in [3.05, 3.63) is 65.5 Å². The second kappa shape index (κ2) is 11.8. The number of rotatable bonds is 12. The molecule has 0 aliphatic heterocycles. The van der Waals surface area contributed by atoms with Gasteiger partial charge in [0.15, 0.2) is 5.41 Å². The number of carbonyl (C=O) groups excluding carboxylic acids is 2. The molecule has 0 aromatic heterocycles. The Balaban J connectivity index is 2.51. The van der Waals surface area contributed by atoms with Gasteiger partial charge in [-0.15, -0.1) is 0 Å². The molecule has 1 unspecified atom stereocenters. The predicted octanol–water partition coefficient (Wildman–Crippen LogP) is 5.64. The minimum absolute atomic E-state index is 0.155. The molecule has 2 aromatic carbocycles. The number of benzene rings is 2. The fourth-order valence-corrected chi connectivity index (χ4v) is 4.16. The van der Waals surface area contributed by atoms with Crippen molar-refractivity contribution in [3.63, 3.8) is 0 Å². The van der Waals surface area contributed by atoms with E-state index in [0.717, 1.165) is 16.9 Å². The monoisotopic (exact) mass is 458 g/mol. The number of methoxy groups -OCH3 is 1. The van der Waals surface area contributed by atoms with Gasteiger partial charge in [-0.05, 0) is 80.3 Å². The molecule has 0 aliphatic carbocycles. The van der Waals surface area contributed by atoms with Crippen LogP contribution in [0.15, 0.2) is 48.5 Å². The van der Waals surface area contributed by atoms with Gasteiger partial charge in [-0.1, -0.05) is 38.1 Å². The molecule has 0 radical (unpaired) electrons. The largest absolute Gasteiger partial charge is 0.497 e. The minimum atomic E-state index is -1.49. The van der Waals surface area contributed by atoms with Gasteiger partial charge in [-0.3, -0.25) is 9.59 Å². The van der Waals surface area contributed by atoms with Crippen LogP contribution in [0.25, 0.3) is 0 Å². The maximum Gasteiger partial charge on any atom is 0.323 e. The molecule has 0 bridgehead atoms. The molecule has 180 valence electrons. The van der Waals surface area contributed by atoms with E-state index < -0.39 is 22.8 Å². The summed E-state index contributed by atoms with van der Waals surface area (Å²) in [7, 11) is 1.61. The topological polar surface area (TPSA) is 61.8 Å². The van der Waals surface area contributed by atoms with E-state index in [1.54, 1.807) is 33.1 Å². The average Bonchev–Trinajstić information content (AvgIpc) is 2.83. The maximum atomic E-state index is 13.4. The lowest BCUT2D eigenvalue weighted by atomic mass is 9.65. The van der Waals surface area contributed by atoms with E-state index in [1.165, 1.54) is 12.1 Å². The van der Waals surface area contributed by atoms with Crippen LogP contribution in [0, 0.1) is 11.2 Å². The molecule has 1 atom stereocenters. The minimum Gasteiger partial charge on any atom is -0.497 e. The van der Waals surface area contributed by atoms with Crippen LogP contribution in [-0.2, 0) is 30.9 Å². The lowest BCUT2D eigenvalue weighted by molar-refractivity contribution is -0.174. The molecule has 2 aromatic rings. The SMILES string of the molecule is CCOC(=O)C(CCc1ccc(F)cc1)(CC(C)(CC)c1ccc(OC)cc1)C(=O)OCC. The first-order chi connectivity index (χ1) is 15.7. The zero-order valence-corrected chi connectivity index (χ0v) is 20.3. The summed E-state index contributed by atoms with van der Waals surface area (Å²) in [5.74, 6) is -0.771. The lowest BCUT2D eigenvalue weighted by Crippen LogP contribution is -2.47. The van der Waals surface area contributed by atoms with E-state index in [4.69, 9.17) is 14.2 Å². The first-order valence-electron chi connectivity index (χ1n) is 11.5. The van der Waals surface area contributed by atoms with Gasteiger partial charge in [-0.2, -0.15) is 0 Å². The first-order valence-corrected chi connectivity index (χ1v) is 11.5. The molecule has 0 amide bonds. The molecule has 0 fully saturated rings.